The first kappa shape index (κ1) is 14.6. The highest BCUT2D eigenvalue weighted by Gasteiger charge is 2.35. The van der Waals surface area contributed by atoms with E-state index in [0.29, 0.717) is 19.0 Å². The number of nitrogens with zero attached hydrogens (tertiary/aromatic N) is 1. The number of hydrogen-bond acceptors (Lipinski definition) is 3. The van der Waals surface area contributed by atoms with Crippen LogP contribution in [-0.2, 0) is 9.59 Å². The van der Waals surface area contributed by atoms with Crippen LogP contribution in [-0.4, -0.2) is 53.1 Å². The Balaban J connectivity index is 1.82. The van der Waals surface area contributed by atoms with E-state index in [4.69, 9.17) is 5.11 Å². The van der Waals surface area contributed by atoms with Gasteiger partial charge in [-0.3, -0.25) is 9.59 Å². The molecule has 1 heterocycles. The molecule has 7 heteroatoms. The van der Waals surface area contributed by atoms with E-state index in [0.717, 1.165) is 19.3 Å². The lowest BCUT2D eigenvalue weighted by Crippen LogP contribution is -2.46. The summed E-state index contributed by atoms with van der Waals surface area (Å²) in [4.78, 5) is 35.5. The van der Waals surface area contributed by atoms with Crippen molar-refractivity contribution in [3.05, 3.63) is 0 Å². The second-order valence-corrected chi connectivity index (χ2v) is 5.62. The highest BCUT2D eigenvalue weighted by atomic mass is 16.4. The number of nitrogens with one attached hydrogen (secondary N) is 2. The normalized spacial score (nSPS) is 23.2. The molecule has 3 N–H and O–H groups in total. The minimum atomic E-state index is -0.889. The number of hydrogen-bond donors (Lipinski definition) is 3. The van der Waals surface area contributed by atoms with Gasteiger partial charge < -0.3 is 20.6 Å². The topological polar surface area (TPSA) is 98.7 Å². The first-order valence-corrected chi connectivity index (χ1v) is 7.00. The zero-order valence-electron chi connectivity index (χ0n) is 11.6. The van der Waals surface area contributed by atoms with Gasteiger partial charge in [0, 0.05) is 32.1 Å². The van der Waals surface area contributed by atoms with Gasteiger partial charge in [0.2, 0.25) is 5.91 Å². The highest BCUT2D eigenvalue weighted by Crippen LogP contribution is 2.34. The van der Waals surface area contributed by atoms with Gasteiger partial charge in [-0.05, 0) is 25.2 Å². The number of likely N-dealkylation sites (tertiary alicyclic amines) is 1. The molecule has 0 aromatic heterocycles. The van der Waals surface area contributed by atoms with E-state index in [1.807, 2.05) is 0 Å². The Morgan fingerprint density at radius 1 is 1.30 bits per heavy atom. The van der Waals surface area contributed by atoms with E-state index < -0.39 is 5.97 Å². The van der Waals surface area contributed by atoms with Crippen LogP contribution in [0.2, 0.25) is 0 Å². The van der Waals surface area contributed by atoms with Crippen molar-refractivity contribution >= 4 is 17.9 Å². The lowest BCUT2D eigenvalue weighted by Gasteiger charge is -2.22. The van der Waals surface area contributed by atoms with Crippen LogP contribution in [0, 0.1) is 5.92 Å². The van der Waals surface area contributed by atoms with Gasteiger partial charge in [0.15, 0.2) is 0 Å². The number of carboxylic acids is 1. The molecule has 0 aromatic rings. The van der Waals surface area contributed by atoms with Gasteiger partial charge in [0.1, 0.15) is 0 Å². The van der Waals surface area contributed by atoms with Gasteiger partial charge >= 0.3 is 12.0 Å². The van der Waals surface area contributed by atoms with Crippen LogP contribution in [0.1, 0.15) is 32.6 Å². The number of amides is 3. The first-order chi connectivity index (χ1) is 9.45. The Hall–Kier alpha value is -1.79. The van der Waals surface area contributed by atoms with Crippen molar-refractivity contribution in [2.45, 2.75) is 44.7 Å². The Morgan fingerprint density at radius 2 is 2.00 bits per heavy atom. The van der Waals surface area contributed by atoms with Crippen LogP contribution in [0.5, 0.6) is 0 Å². The fourth-order valence-corrected chi connectivity index (χ4v) is 2.62. The number of carboxylic acid groups (broad SMARTS) is 1. The molecule has 2 unspecified atom stereocenters. The van der Waals surface area contributed by atoms with Crippen molar-refractivity contribution in [2.75, 3.05) is 13.1 Å². The summed E-state index contributed by atoms with van der Waals surface area (Å²) < 4.78 is 0. The molecule has 20 heavy (non-hydrogen) atoms. The Bertz CT molecular complexity index is 408. The summed E-state index contributed by atoms with van der Waals surface area (Å²) >= 11 is 0. The van der Waals surface area contributed by atoms with Crippen molar-refractivity contribution in [3.63, 3.8) is 0 Å². The zero-order valence-corrected chi connectivity index (χ0v) is 11.6. The minimum Gasteiger partial charge on any atom is -0.481 e. The van der Waals surface area contributed by atoms with Gasteiger partial charge in [-0.1, -0.05) is 0 Å². The predicted octanol–water partition coefficient (Wildman–Crippen LogP) is 0.160. The summed E-state index contributed by atoms with van der Waals surface area (Å²) in [5.41, 5.74) is 0. The first-order valence-electron chi connectivity index (χ1n) is 7.00. The molecule has 1 aliphatic carbocycles. The Morgan fingerprint density at radius 3 is 2.55 bits per heavy atom. The minimum absolute atomic E-state index is 0.00269. The molecule has 7 nitrogen and oxygen atoms in total. The molecule has 112 valence electrons. The molecule has 3 amide bonds. The second kappa shape index (κ2) is 6.11. The number of urea groups is 1. The molecule has 0 spiro atoms. The van der Waals surface area contributed by atoms with E-state index in [9.17, 15) is 14.4 Å². The molecule has 1 saturated heterocycles. The smallest absolute Gasteiger partial charge is 0.317 e. The van der Waals surface area contributed by atoms with Crippen LogP contribution in [0.15, 0.2) is 0 Å². The number of carbonyl (C=O) groups is 3. The molecule has 2 atom stereocenters. The van der Waals surface area contributed by atoms with E-state index in [1.54, 1.807) is 4.90 Å². The molecule has 0 aromatic carbocycles. The maximum Gasteiger partial charge on any atom is 0.317 e. The fraction of sp³-hybridized carbons (Fsp3) is 0.769. The average molecular weight is 283 g/mol. The standard InChI is InChI=1S/C13H21N3O4/c1-8(17)14-10-4-5-16(7-10)13(20)15-11(6-12(18)19)9-2-3-9/h9-11H,2-7H2,1H3,(H,14,17)(H,15,20)(H,18,19). The molecular formula is C13H21N3O4. The third kappa shape index (κ3) is 4.11. The van der Waals surface area contributed by atoms with E-state index in [2.05, 4.69) is 10.6 Å². The van der Waals surface area contributed by atoms with Crippen molar-refractivity contribution in [1.82, 2.24) is 15.5 Å². The summed E-state index contributed by atoms with van der Waals surface area (Å²) in [6.45, 7) is 2.52. The van der Waals surface area contributed by atoms with Crippen LogP contribution in [0.3, 0.4) is 0 Å². The lowest BCUT2D eigenvalue weighted by molar-refractivity contribution is -0.137. The van der Waals surface area contributed by atoms with E-state index >= 15 is 0 Å². The van der Waals surface area contributed by atoms with Gasteiger partial charge in [-0.15, -0.1) is 0 Å². The molecule has 0 bridgehead atoms. The molecule has 1 aliphatic heterocycles. The molecule has 1 saturated carbocycles. The zero-order chi connectivity index (χ0) is 14.7. The molecule has 2 aliphatic rings. The van der Waals surface area contributed by atoms with Crippen molar-refractivity contribution in [1.29, 1.82) is 0 Å². The SMILES string of the molecule is CC(=O)NC1CCN(C(=O)NC(CC(=O)O)C2CC2)C1. The van der Waals surface area contributed by atoms with Crippen molar-refractivity contribution in [3.8, 4) is 0 Å². The van der Waals surface area contributed by atoms with Crippen LogP contribution < -0.4 is 10.6 Å². The Labute approximate surface area is 117 Å². The van der Waals surface area contributed by atoms with Gasteiger partial charge in [0.25, 0.3) is 0 Å². The summed E-state index contributed by atoms with van der Waals surface area (Å²) in [5.74, 6) is -0.692. The highest BCUT2D eigenvalue weighted by molar-refractivity contribution is 5.77. The summed E-state index contributed by atoms with van der Waals surface area (Å²) in [7, 11) is 0. The third-order valence-electron chi connectivity index (χ3n) is 3.78. The van der Waals surface area contributed by atoms with Crippen molar-refractivity contribution < 1.29 is 19.5 Å². The largest absolute Gasteiger partial charge is 0.481 e. The maximum absolute atomic E-state index is 12.1. The number of rotatable bonds is 5. The number of aliphatic carboxylic acids is 1. The quantitative estimate of drug-likeness (QED) is 0.669. The number of carbonyl (C=O) groups excluding carboxylic acids is 2. The van der Waals surface area contributed by atoms with E-state index in [1.165, 1.54) is 6.92 Å². The van der Waals surface area contributed by atoms with Crippen LogP contribution in [0.4, 0.5) is 4.79 Å². The third-order valence-corrected chi connectivity index (χ3v) is 3.78. The lowest BCUT2D eigenvalue weighted by atomic mass is 10.1. The summed E-state index contributed by atoms with van der Waals surface area (Å²) in [5, 5.41) is 14.5. The maximum atomic E-state index is 12.1. The van der Waals surface area contributed by atoms with Crippen molar-refractivity contribution in [2.24, 2.45) is 5.92 Å². The van der Waals surface area contributed by atoms with E-state index in [-0.39, 0.29) is 30.4 Å². The molecular weight excluding hydrogens is 262 g/mol. The van der Waals surface area contributed by atoms with Gasteiger partial charge in [0.05, 0.1) is 6.42 Å². The van der Waals surface area contributed by atoms with Gasteiger partial charge in [-0.2, -0.15) is 0 Å². The molecule has 2 fully saturated rings. The molecule has 0 radical (unpaired) electrons. The summed E-state index contributed by atoms with van der Waals surface area (Å²) in [6.07, 6.45) is 2.67. The predicted molar refractivity (Wildman–Crippen MR) is 71.1 cm³/mol. The monoisotopic (exact) mass is 283 g/mol. The second-order valence-electron chi connectivity index (χ2n) is 5.62. The Kier molecular flexibility index (Phi) is 4.46. The summed E-state index contributed by atoms with van der Waals surface area (Å²) in [6, 6.07) is -0.507. The van der Waals surface area contributed by atoms with Crippen LogP contribution in [0.25, 0.3) is 0 Å². The van der Waals surface area contributed by atoms with Crippen LogP contribution >= 0.6 is 0 Å². The molecule has 2 rings (SSSR count). The fourth-order valence-electron chi connectivity index (χ4n) is 2.62. The average Bonchev–Trinajstić information content (AvgIpc) is 3.08. The van der Waals surface area contributed by atoms with Gasteiger partial charge in [-0.25, -0.2) is 4.79 Å².